The van der Waals surface area contributed by atoms with Crippen molar-refractivity contribution in [2.45, 2.75) is 75.3 Å². The lowest BCUT2D eigenvalue weighted by atomic mass is 10.0. The molecule has 2 amide bonds. The molecule has 0 unspecified atom stereocenters. The van der Waals surface area contributed by atoms with E-state index in [1.807, 2.05) is 36.7 Å². The maximum Gasteiger partial charge on any atom is 0.570 e. The number of anilines is 2. The number of furan rings is 2. The van der Waals surface area contributed by atoms with E-state index in [0.29, 0.717) is 129 Å². The molecular weight excluding hydrogens is 1130 g/mol. The molecule has 4 fully saturated rings. The summed E-state index contributed by atoms with van der Waals surface area (Å²) in [7, 11) is 10.3. The Morgan fingerprint density at radius 3 is 1.60 bits per heavy atom. The normalized spacial score (nSPS) is 14.9. The van der Waals surface area contributed by atoms with Gasteiger partial charge < -0.3 is 57.9 Å². The van der Waals surface area contributed by atoms with Crippen LogP contribution in [0.4, 0.5) is 11.4 Å². The van der Waals surface area contributed by atoms with Gasteiger partial charge in [0, 0.05) is 110 Å². The van der Waals surface area contributed by atoms with Crippen LogP contribution in [0.3, 0.4) is 0 Å². The van der Waals surface area contributed by atoms with Crippen molar-refractivity contribution in [2.24, 2.45) is 0 Å². The third-order valence-corrected chi connectivity index (χ3v) is 15.0. The molecule has 0 bridgehead atoms. The van der Waals surface area contributed by atoms with Gasteiger partial charge in [-0.05, 0) is 105 Å². The Morgan fingerprint density at radius 1 is 0.647 bits per heavy atom. The van der Waals surface area contributed by atoms with Crippen LogP contribution in [0.1, 0.15) is 106 Å². The SMILES string of the molecule is COc1cc(C(=O)N(C)C)cnc1-c1cc2ncc(C3CC3)c(-c3ccc(NC4CCOCC4)c(C#N)n3)c2o1.COc1cc(C(=O)N(C)C)cnc1-c1cc2ncc(C3CC3)c(Cl)c2o1.Cl.N#Cc1nc(O[B]O)ccc1NC1CCOCC1. The number of nitrogens with zero attached hydrogens (tertiary/aromatic N) is 10. The zero-order valence-corrected chi connectivity index (χ0v) is 49.3. The van der Waals surface area contributed by atoms with Crippen LogP contribution < -0.4 is 24.8 Å². The third kappa shape index (κ3) is 14.0. The first kappa shape index (κ1) is 61.0. The zero-order valence-electron chi connectivity index (χ0n) is 47.7. The Hall–Kier alpha value is -8.58. The number of aromatic nitrogens is 6. The molecule has 0 spiro atoms. The summed E-state index contributed by atoms with van der Waals surface area (Å²) < 4.78 is 38.8. The summed E-state index contributed by atoms with van der Waals surface area (Å²) >= 11 is 6.52. The molecule has 439 valence electrons. The lowest BCUT2D eigenvalue weighted by Gasteiger charge is -2.24. The maximum atomic E-state index is 12.5. The van der Waals surface area contributed by atoms with E-state index in [9.17, 15) is 14.9 Å². The lowest BCUT2D eigenvalue weighted by molar-refractivity contribution is 0.0819. The van der Waals surface area contributed by atoms with Gasteiger partial charge in [0.15, 0.2) is 40.0 Å². The Bertz CT molecular complexity index is 3810. The number of rotatable bonds is 15. The van der Waals surface area contributed by atoms with Crippen molar-refractivity contribution in [2.75, 3.05) is 79.5 Å². The van der Waals surface area contributed by atoms with Gasteiger partial charge in [-0.3, -0.25) is 19.6 Å². The van der Waals surface area contributed by atoms with E-state index in [1.54, 1.807) is 58.5 Å². The minimum Gasteiger partial charge on any atom is -0.523 e. The number of nitriles is 2. The fourth-order valence-electron chi connectivity index (χ4n) is 9.84. The van der Waals surface area contributed by atoms with Crippen LogP contribution >= 0.6 is 24.0 Å². The van der Waals surface area contributed by atoms with Gasteiger partial charge in [0.2, 0.25) is 0 Å². The molecule has 2 saturated heterocycles. The van der Waals surface area contributed by atoms with Crippen LogP contribution in [0.5, 0.6) is 17.4 Å². The van der Waals surface area contributed by atoms with Crippen molar-refractivity contribution in [1.82, 2.24) is 39.7 Å². The van der Waals surface area contributed by atoms with Crippen molar-refractivity contribution in [3.05, 3.63) is 112 Å². The van der Waals surface area contributed by atoms with Gasteiger partial charge in [-0.1, -0.05) is 11.6 Å². The van der Waals surface area contributed by atoms with E-state index in [4.69, 9.17) is 64.3 Å². The van der Waals surface area contributed by atoms with Crippen LogP contribution in [0.25, 0.3) is 56.4 Å². The second-order valence-electron chi connectivity index (χ2n) is 20.9. The number of pyridine rings is 6. The minimum atomic E-state index is -0.172. The molecule has 4 aliphatic rings. The highest BCUT2D eigenvalue weighted by Crippen LogP contribution is 2.48. The summed E-state index contributed by atoms with van der Waals surface area (Å²) in [4.78, 5) is 54.4. The third-order valence-electron chi connectivity index (χ3n) is 14.6. The molecule has 85 heavy (non-hydrogen) atoms. The average molecular weight is 1190 g/mol. The smallest absolute Gasteiger partial charge is 0.523 e. The summed E-state index contributed by atoms with van der Waals surface area (Å²) in [5, 5.41) is 34.9. The predicted molar refractivity (Wildman–Crippen MR) is 320 cm³/mol. The number of methoxy groups -OCH3 is 2. The molecule has 0 aromatic carbocycles. The molecule has 8 aromatic rings. The Balaban J connectivity index is 0.000000165. The first-order chi connectivity index (χ1) is 40.8. The number of amides is 2. The van der Waals surface area contributed by atoms with Crippen LogP contribution in [0.15, 0.2) is 82.2 Å². The molecule has 10 heterocycles. The minimum absolute atomic E-state index is 0. The van der Waals surface area contributed by atoms with Gasteiger partial charge in [0.25, 0.3) is 11.8 Å². The van der Waals surface area contributed by atoms with Gasteiger partial charge in [-0.15, -0.1) is 12.4 Å². The molecule has 25 heteroatoms. The van der Waals surface area contributed by atoms with Gasteiger partial charge in [-0.2, -0.15) is 10.5 Å². The summed E-state index contributed by atoms with van der Waals surface area (Å²) in [6, 6.07) is 18.9. The van der Waals surface area contributed by atoms with Gasteiger partial charge in [-0.25, -0.2) is 19.9 Å². The molecular formula is C60H62BCl2N12O10. The second kappa shape index (κ2) is 27.4. The largest absolute Gasteiger partial charge is 0.570 e. The number of fused-ring (bicyclic) bond motifs is 2. The molecule has 0 atom stereocenters. The van der Waals surface area contributed by atoms with Crippen molar-refractivity contribution in [3.8, 4) is 63.7 Å². The maximum absolute atomic E-state index is 12.5. The number of nitrogens with one attached hydrogen (secondary N) is 2. The van der Waals surface area contributed by atoms with Gasteiger partial charge in [0.1, 0.15) is 46.1 Å². The van der Waals surface area contributed by atoms with Crippen LogP contribution in [0, 0.1) is 22.7 Å². The molecule has 22 nitrogen and oxygen atoms in total. The standard InChI is InChI=1S/C30H30N6O4.C19H18ClN3O3.C11H13BN3O3.ClH/c1-36(2)30(37)18-12-25(38-3)28(33-15-18)26-13-23-29(40-26)27(20(16-32-23)17-4-5-17)22-7-6-21(24(14-31)35-22)34-19-8-10-39-11-9-19;1-23(2)19(24)11-6-14(25-3)17(22-8-11)15-7-13-18(26-15)16(20)12(9-21-13)10-4-5-10;13-7-10-9(1-2-11(15-10)18-12-16)14-8-3-5-17-6-4-8;/h6-7,12-13,15-17,19,34H,4-5,8-11H2,1-3H3;6-10H,4-5H2,1-3H3;1-2,8,14,16H,3-6H2;1H. The highest BCUT2D eigenvalue weighted by atomic mass is 35.5. The van der Waals surface area contributed by atoms with Crippen molar-refractivity contribution in [3.63, 3.8) is 0 Å². The topological polar surface area (TPSA) is 282 Å². The van der Waals surface area contributed by atoms with Crippen LogP contribution in [-0.2, 0) is 9.47 Å². The molecule has 8 aromatic heterocycles. The summed E-state index contributed by atoms with van der Waals surface area (Å²) in [5.74, 6) is 2.57. The van der Waals surface area contributed by atoms with E-state index in [-0.39, 0.29) is 41.8 Å². The summed E-state index contributed by atoms with van der Waals surface area (Å²) in [5.41, 5.74) is 9.88. The predicted octanol–water partition coefficient (Wildman–Crippen LogP) is 10.0. The Labute approximate surface area is 502 Å². The van der Waals surface area contributed by atoms with Crippen LogP contribution in [-0.4, -0.2) is 145 Å². The van der Waals surface area contributed by atoms with Crippen molar-refractivity contribution >= 4 is 77.1 Å². The first-order valence-electron chi connectivity index (χ1n) is 27.5. The lowest BCUT2D eigenvalue weighted by Crippen LogP contribution is -2.28. The number of halogens is 2. The monoisotopic (exact) mass is 1190 g/mol. The number of carbonyl (C=O) groups is 2. The molecule has 3 N–H and O–H groups in total. The number of hydrogen-bond donors (Lipinski definition) is 3. The van der Waals surface area contributed by atoms with E-state index >= 15 is 0 Å². The second-order valence-corrected chi connectivity index (χ2v) is 21.3. The number of ether oxygens (including phenoxy) is 4. The molecule has 12 rings (SSSR count). The van der Waals surface area contributed by atoms with E-state index in [2.05, 4.69) is 36.6 Å². The number of hydrogen-bond acceptors (Lipinski definition) is 20. The Kier molecular flexibility index (Phi) is 19.7. The Morgan fingerprint density at radius 2 is 1.12 bits per heavy atom. The molecule has 2 aliphatic carbocycles. The van der Waals surface area contributed by atoms with E-state index < -0.39 is 0 Å². The quantitative estimate of drug-likeness (QED) is 0.0805. The highest BCUT2D eigenvalue weighted by molar-refractivity contribution is 6.35. The molecule has 2 aliphatic heterocycles. The molecule has 1 radical (unpaired) electrons. The number of carbonyl (C=O) groups excluding carboxylic acids is 2. The van der Waals surface area contributed by atoms with E-state index in [1.165, 1.54) is 36.4 Å². The van der Waals surface area contributed by atoms with Gasteiger partial charge in [0.05, 0.1) is 53.0 Å². The van der Waals surface area contributed by atoms with E-state index in [0.717, 1.165) is 87.0 Å². The zero-order chi connectivity index (χ0) is 59.0. The van der Waals surface area contributed by atoms with Crippen molar-refractivity contribution < 1.29 is 47.0 Å². The van der Waals surface area contributed by atoms with Crippen molar-refractivity contribution in [1.29, 1.82) is 10.5 Å². The fraction of sp³-hybridized carbons (Fsp3) is 0.367. The highest BCUT2D eigenvalue weighted by Gasteiger charge is 2.32. The summed E-state index contributed by atoms with van der Waals surface area (Å²) in [6.07, 6.45) is 14.7. The fourth-order valence-corrected chi connectivity index (χ4v) is 10.2. The van der Waals surface area contributed by atoms with Gasteiger partial charge >= 0.3 is 7.69 Å². The van der Waals surface area contributed by atoms with Crippen LogP contribution in [0.2, 0.25) is 5.02 Å². The molecule has 2 saturated carbocycles. The average Bonchev–Trinajstić information content (AvgIpc) is 4.49. The summed E-state index contributed by atoms with van der Waals surface area (Å²) in [6.45, 7) is 2.88. The first-order valence-corrected chi connectivity index (χ1v) is 27.8.